The number of carbonyl (C=O) groups is 1. The molecule has 212 valence electrons. The molecule has 0 aliphatic carbocycles. The molecule has 0 spiro atoms. The lowest BCUT2D eigenvalue weighted by molar-refractivity contribution is -0.137. The van der Waals surface area contributed by atoms with E-state index in [1.807, 2.05) is 0 Å². The molecule has 8 N–H and O–H groups in total. The van der Waals surface area contributed by atoms with Crippen LogP contribution in [-0.2, 0) is 4.79 Å². The van der Waals surface area contributed by atoms with Crippen LogP contribution in [0.3, 0.4) is 0 Å². The average molecular weight is 511 g/mol. The van der Waals surface area contributed by atoms with Crippen LogP contribution in [0.4, 0.5) is 0 Å². The van der Waals surface area contributed by atoms with Gasteiger partial charge in [0.2, 0.25) is 0 Å². The second-order valence-electron chi connectivity index (χ2n) is 8.88. The Hall–Kier alpha value is -1.07. The normalized spacial score (nSPS) is 11.2. The number of aliphatic hydroxyl groups excluding tert-OH is 7. The molecular formula is C26H54O9. The van der Waals surface area contributed by atoms with Gasteiger partial charge in [-0.3, -0.25) is 4.79 Å². The van der Waals surface area contributed by atoms with E-state index in [1.54, 1.807) is 0 Å². The zero-order chi connectivity index (χ0) is 27.2. The zero-order valence-electron chi connectivity index (χ0n) is 21.9. The van der Waals surface area contributed by atoms with E-state index in [-0.39, 0.29) is 13.2 Å². The van der Waals surface area contributed by atoms with Crippen LogP contribution in [0.5, 0.6) is 0 Å². The molecule has 0 unspecified atom stereocenters. The van der Waals surface area contributed by atoms with Gasteiger partial charge in [0.15, 0.2) is 0 Å². The fourth-order valence-electron chi connectivity index (χ4n) is 2.70. The zero-order valence-corrected chi connectivity index (χ0v) is 21.9. The van der Waals surface area contributed by atoms with Crippen molar-refractivity contribution in [1.82, 2.24) is 0 Å². The molecular weight excluding hydrogens is 456 g/mol. The van der Waals surface area contributed by atoms with Gasteiger partial charge < -0.3 is 40.9 Å². The summed E-state index contributed by atoms with van der Waals surface area (Å²) in [7, 11) is 0. The predicted octanol–water partition coefficient (Wildman–Crippen LogP) is 2.38. The van der Waals surface area contributed by atoms with E-state index in [1.165, 1.54) is 70.6 Å². The van der Waals surface area contributed by atoms with Crippen molar-refractivity contribution in [3.63, 3.8) is 0 Å². The van der Waals surface area contributed by atoms with Crippen molar-refractivity contribution in [2.75, 3.05) is 39.6 Å². The summed E-state index contributed by atoms with van der Waals surface area (Å²) in [4.78, 5) is 10.3. The van der Waals surface area contributed by atoms with E-state index in [2.05, 4.69) is 19.1 Å². The quantitative estimate of drug-likeness (QED) is 0.0850. The van der Waals surface area contributed by atoms with Gasteiger partial charge in [-0.25, -0.2) is 0 Å². The maximum atomic E-state index is 10.3. The average Bonchev–Trinajstić information content (AvgIpc) is 2.88. The number of carboxylic acids is 1. The van der Waals surface area contributed by atoms with Gasteiger partial charge in [0.25, 0.3) is 0 Å². The lowest BCUT2D eigenvalue weighted by Gasteiger charge is -2.23. The number of aliphatic carboxylic acids is 1. The Morgan fingerprint density at radius 3 is 1.31 bits per heavy atom. The van der Waals surface area contributed by atoms with Crippen LogP contribution < -0.4 is 0 Å². The highest BCUT2D eigenvalue weighted by atomic mass is 16.4. The van der Waals surface area contributed by atoms with Gasteiger partial charge in [-0.2, -0.15) is 0 Å². The van der Waals surface area contributed by atoms with Crippen LogP contribution in [0, 0.1) is 5.41 Å². The Balaban J connectivity index is -0.000000559. The summed E-state index contributed by atoms with van der Waals surface area (Å²) in [6, 6.07) is 0. The molecule has 9 nitrogen and oxygen atoms in total. The van der Waals surface area contributed by atoms with E-state index in [0.717, 1.165) is 12.8 Å². The van der Waals surface area contributed by atoms with Crippen molar-refractivity contribution in [3.05, 3.63) is 12.2 Å². The first kappa shape index (κ1) is 38.5. The van der Waals surface area contributed by atoms with Gasteiger partial charge in [0.05, 0.1) is 45.1 Å². The smallest absolute Gasteiger partial charge is 0.303 e. The SMILES string of the molecule is CCCCCCCCC=CCCCCCCCC(=O)O.OCC(CO)(CO)CO.OCC(O)CO. The second-order valence-corrected chi connectivity index (χ2v) is 8.88. The molecule has 0 heterocycles. The molecule has 0 amide bonds. The molecule has 0 fully saturated rings. The molecule has 0 saturated carbocycles. The highest BCUT2D eigenvalue weighted by Crippen LogP contribution is 2.12. The molecule has 0 aliphatic heterocycles. The molecule has 0 aliphatic rings. The van der Waals surface area contributed by atoms with Crippen LogP contribution in [0.15, 0.2) is 12.2 Å². The molecule has 0 bridgehead atoms. The number of carboxylic acid groups (broad SMARTS) is 1. The standard InChI is InChI=1S/C18H34O2.C5H12O4.C3H8O3/c1-2-3-4-5-6-7-8-9-10-11-12-13-14-15-16-17-18(19)20;6-1-5(2-7,3-8)4-9;4-1-3(6)2-5/h9-10H,2-8,11-17H2,1H3,(H,19,20);6-9H,1-4H2;3-6H,1-2H2. The minimum Gasteiger partial charge on any atom is -0.481 e. The van der Waals surface area contributed by atoms with E-state index in [0.29, 0.717) is 6.42 Å². The monoisotopic (exact) mass is 510 g/mol. The largest absolute Gasteiger partial charge is 0.481 e. The highest BCUT2D eigenvalue weighted by Gasteiger charge is 2.26. The minimum absolute atomic E-state index is 0.332. The van der Waals surface area contributed by atoms with Gasteiger partial charge in [-0.15, -0.1) is 0 Å². The molecule has 0 atom stereocenters. The van der Waals surface area contributed by atoms with Crippen molar-refractivity contribution in [3.8, 4) is 0 Å². The number of aliphatic hydroxyl groups is 7. The van der Waals surface area contributed by atoms with Crippen molar-refractivity contribution in [2.24, 2.45) is 5.41 Å². The topological polar surface area (TPSA) is 179 Å². The van der Waals surface area contributed by atoms with E-state index < -0.39 is 43.9 Å². The molecule has 0 saturated heterocycles. The Bertz CT molecular complexity index is 419. The molecule has 0 radical (unpaired) electrons. The fourth-order valence-corrected chi connectivity index (χ4v) is 2.70. The molecule has 0 aromatic heterocycles. The van der Waals surface area contributed by atoms with Gasteiger partial charge in [-0.1, -0.05) is 70.4 Å². The summed E-state index contributed by atoms with van der Waals surface area (Å²) >= 11 is 0. The van der Waals surface area contributed by atoms with Crippen LogP contribution in [0.1, 0.15) is 96.8 Å². The summed E-state index contributed by atoms with van der Waals surface area (Å²) in [5.41, 5.74) is -1.11. The third kappa shape index (κ3) is 30.9. The number of unbranched alkanes of at least 4 members (excludes halogenated alkanes) is 11. The third-order valence-corrected chi connectivity index (χ3v) is 5.42. The van der Waals surface area contributed by atoms with E-state index in [4.69, 9.17) is 40.9 Å². The fraction of sp³-hybridized carbons (Fsp3) is 0.885. The maximum absolute atomic E-state index is 10.3. The second kappa shape index (κ2) is 31.0. The number of allylic oxidation sites excluding steroid dienone is 2. The highest BCUT2D eigenvalue weighted by molar-refractivity contribution is 5.66. The Morgan fingerprint density at radius 1 is 0.657 bits per heavy atom. The number of hydrogen-bond donors (Lipinski definition) is 8. The van der Waals surface area contributed by atoms with Crippen molar-refractivity contribution in [2.45, 2.75) is 103 Å². The van der Waals surface area contributed by atoms with E-state index >= 15 is 0 Å². The summed E-state index contributed by atoms with van der Waals surface area (Å²) in [5, 5.41) is 66.5. The number of hydrogen-bond acceptors (Lipinski definition) is 8. The van der Waals surface area contributed by atoms with Crippen LogP contribution in [0.25, 0.3) is 0 Å². The van der Waals surface area contributed by atoms with Gasteiger partial charge in [0, 0.05) is 6.42 Å². The van der Waals surface area contributed by atoms with Gasteiger partial charge in [0.1, 0.15) is 6.10 Å². The summed E-state index contributed by atoms with van der Waals surface area (Å²) in [5.74, 6) is -0.664. The van der Waals surface area contributed by atoms with Gasteiger partial charge in [-0.05, 0) is 32.1 Å². The Labute approximate surface area is 212 Å². The van der Waals surface area contributed by atoms with Crippen LogP contribution >= 0.6 is 0 Å². The lowest BCUT2D eigenvalue weighted by Crippen LogP contribution is -2.37. The maximum Gasteiger partial charge on any atom is 0.303 e. The minimum atomic E-state index is -1.11. The first-order valence-electron chi connectivity index (χ1n) is 13.0. The molecule has 0 aromatic carbocycles. The molecule has 0 rings (SSSR count). The van der Waals surface area contributed by atoms with Gasteiger partial charge >= 0.3 is 5.97 Å². The van der Waals surface area contributed by atoms with E-state index in [9.17, 15) is 4.79 Å². The molecule has 35 heavy (non-hydrogen) atoms. The first-order chi connectivity index (χ1) is 16.8. The van der Waals surface area contributed by atoms with Crippen molar-refractivity contribution < 1.29 is 45.6 Å². The summed E-state index contributed by atoms with van der Waals surface area (Å²) < 4.78 is 0. The molecule has 0 aromatic rings. The Kier molecular flexibility index (Phi) is 34.0. The first-order valence-corrected chi connectivity index (χ1v) is 13.0. The summed E-state index contributed by atoms with van der Waals surface area (Å²) in [6.45, 7) is -0.0953. The summed E-state index contributed by atoms with van der Waals surface area (Å²) in [6.07, 6.45) is 20.3. The third-order valence-electron chi connectivity index (χ3n) is 5.42. The van der Waals surface area contributed by atoms with Crippen molar-refractivity contribution in [1.29, 1.82) is 0 Å². The molecule has 9 heteroatoms. The lowest BCUT2D eigenvalue weighted by atomic mass is 9.93. The van der Waals surface area contributed by atoms with Crippen LogP contribution in [0.2, 0.25) is 0 Å². The van der Waals surface area contributed by atoms with Crippen LogP contribution in [-0.4, -0.2) is 92.6 Å². The number of rotatable bonds is 21. The Morgan fingerprint density at radius 2 is 1.03 bits per heavy atom. The predicted molar refractivity (Wildman–Crippen MR) is 138 cm³/mol. The van der Waals surface area contributed by atoms with Crippen molar-refractivity contribution >= 4 is 5.97 Å².